The van der Waals surface area contributed by atoms with Crippen molar-refractivity contribution < 1.29 is 23.5 Å². The van der Waals surface area contributed by atoms with Crippen molar-refractivity contribution in [3.8, 4) is 0 Å². The molecule has 2 rings (SSSR count). The van der Waals surface area contributed by atoms with Crippen molar-refractivity contribution in [1.29, 1.82) is 0 Å². The molecule has 0 aliphatic heterocycles. The van der Waals surface area contributed by atoms with Crippen LogP contribution in [-0.2, 0) is 14.3 Å². The number of rotatable bonds is 7. The van der Waals surface area contributed by atoms with Gasteiger partial charge in [0.15, 0.2) is 12.4 Å². The Morgan fingerprint density at radius 3 is 2.41 bits per heavy atom. The van der Waals surface area contributed by atoms with Crippen LogP contribution in [-0.4, -0.2) is 35.4 Å². The van der Waals surface area contributed by atoms with Gasteiger partial charge in [0.05, 0.1) is 10.0 Å². The topological polar surface area (TPSA) is 97.4 Å². The third-order valence-corrected chi connectivity index (χ3v) is 4.22. The predicted octanol–water partition coefficient (Wildman–Crippen LogP) is 3.46. The molecule has 2 aromatic rings. The van der Waals surface area contributed by atoms with Gasteiger partial charge in [-0.25, -0.2) is 14.2 Å². The number of ether oxygens (including phenoxy) is 1. The third kappa shape index (κ3) is 6.69. The smallest absolute Gasteiger partial charge is 0.329 e. The molecular formula is C19H18Cl2FN3O4. The summed E-state index contributed by atoms with van der Waals surface area (Å²) >= 11 is 11.6. The van der Waals surface area contributed by atoms with Gasteiger partial charge in [0.1, 0.15) is 11.9 Å². The normalized spacial score (nSPS) is 11.7. The quantitative estimate of drug-likeness (QED) is 0.641. The van der Waals surface area contributed by atoms with Crippen LogP contribution in [0.15, 0.2) is 36.5 Å². The zero-order valence-electron chi connectivity index (χ0n) is 15.5. The maximum Gasteiger partial charge on any atom is 0.329 e. The molecule has 0 radical (unpaired) electrons. The van der Waals surface area contributed by atoms with Gasteiger partial charge in [-0.3, -0.25) is 9.59 Å². The maximum atomic E-state index is 13.0. The minimum Gasteiger partial charge on any atom is -0.454 e. The number of halogens is 3. The minimum absolute atomic E-state index is 0.0714. The molecule has 2 amide bonds. The lowest BCUT2D eigenvalue weighted by atomic mass is 10.0. The van der Waals surface area contributed by atoms with Gasteiger partial charge in [0.2, 0.25) is 0 Å². The van der Waals surface area contributed by atoms with E-state index in [0.29, 0.717) is 5.02 Å². The SMILES string of the molecule is CC(C)C(NC(=O)c1ccc(F)cc1)C(=O)OCC(=O)Nc1ncc(Cl)cc1Cl. The monoisotopic (exact) mass is 441 g/mol. The summed E-state index contributed by atoms with van der Waals surface area (Å²) in [5.41, 5.74) is 0.186. The van der Waals surface area contributed by atoms with Crippen LogP contribution in [0, 0.1) is 11.7 Å². The third-order valence-electron chi connectivity index (χ3n) is 3.72. The van der Waals surface area contributed by atoms with E-state index in [0.717, 1.165) is 12.1 Å². The van der Waals surface area contributed by atoms with Crippen LogP contribution in [0.2, 0.25) is 10.0 Å². The lowest BCUT2D eigenvalue weighted by Crippen LogP contribution is -2.45. The van der Waals surface area contributed by atoms with Crippen LogP contribution in [0.25, 0.3) is 0 Å². The highest BCUT2D eigenvalue weighted by Gasteiger charge is 2.27. The van der Waals surface area contributed by atoms with E-state index in [1.807, 2.05) is 0 Å². The first-order chi connectivity index (χ1) is 13.7. The largest absolute Gasteiger partial charge is 0.454 e. The van der Waals surface area contributed by atoms with Crippen LogP contribution >= 0.6 is 23.2 Å². The molecule has 0 aliphatic rings. The van der Waals surface area contributed by atoms with Crippen molar-refractivity contribution in [2.75, 3.05) is 11.9 Å². The molecule has 1 heterocycles. The zero-order valence-corrected chi connectivity index (χ0v) is 17.1. The number of carbonyl (C=O) groups excluding carboxylic acids is 3. The first-order valence-corrected chi connectivity index (χ1v) is 9.27. The molecule has 0 spiro atoms. The van der Waals surface area contributed by atoms with Crippen molar-refractivity contribution in [3.63, 3.8) is 0 Å². The van der Waals surface area contributed by atoms with E-state index in [9.17, 15) is 18.8 Å². The van der Waals surface area contributed by atoms with Gasteiger partial charge >= 0.3 is 5.97 Å². The van der Waals surface area contributed by atoms with Crippen LogP contribution in [0.4, 0.5) is 10.2 Å². The number of hydrogen-bond donors (Lipinski definition) is 2. The fraction of sp³-hybridized carbons (Fsp3) is 0.263. The highest BCUT2D eigenvalue weighted by atomic mass is 35.5. The van der Waals surface area contributed by atoms with E-state index in [-0.39, 0.29) is 22.3 Å². The second kappa shape index (κ2) is 10.2. The number of anilines is 1. The first-order valence-electron chi connectivity index (χ1n) is 8.51. The Hall–Kier alpha value is -2.71. The molecule has 1 unspecified atom stereocenters. The minimum atomic E-state index is -1.00. The highest BCUT2D eigenvalue weighted by molar-refractivity contribution is 6.36. The van der Waals surface area contributed by atoms with E-state index in [1.165, 1.54) is 24.4 Å². The first kappa shape index (κ1) is 22.6. The highest BCUT2D eigenvalue weighted by Crippen LogP contribution is 2.22. The van der Waals surface area contributed by atoms with Crippen molar-refractivity contribution in [3.05, 3.63) is 58.0 Å². The Morgan fingerprint density at radius 1 is 1.17 bits per heavy atom. The molecule has 0 saturated carbocycles. The summed E-state index contributed by atoms with van der Waals surface area (Å²) in [5.74, 6) is -2.75. The summed E-state index contributed by atoms with van der Waals surface area (Å²) in [6.07, 6.45) is 1.30. The Kier molecular flexibility index (Phi) is 7.92. The molecule has 0 saturated heterocycles. The number of esters is 1. The van der Waals surface area contributed by atoms with Crippen molar-refractivity contribution in [2.24, 2.45) is 5.92 Å². The number of aromatic nitrogens is 1. The summed E-state index contributed by atoms with van der Waals surface area (Å²) < 4.78 is 18.0. The summed E-state index contributed by atoms with van der Waals surface area (Å²) in [4.78, 5) is 40.4. The summed E-state index contributed by atoms with van der Waals surface area (Å²) in [5, 5.41) is 5.35. The number of nitrogens with one attached hydrogen (secondary N) is 2. The molecule has 1 aromatic heterocycles. The molecule has 1 aromatic carbocycles. The number of nitrogens with zero attached hydrogens (tertiary/aromatic N) is 1. The van der Waals surface area contributed by atoms with Crippen molar-refractivity contribution in [1.82, 2.24) is 10.3 Å². The lowest BCUT2D eigenvalue weighted by molar-refractivity contribution is -0.150. The van der Waals surface area contributed by atoms with Crippen LogP contribution in [0.3, 0.4) is 0 Å². The van der Waals surface area contributed by atoms with E-state index in [1.54, 1.807) is 13.8 Å². The number of benzene rings is 1. The fourth-order valence-corrected chi connectivity index (χ4v) is 2.65. The number of carbonyl (C=O) groups is 3. The molecule has 0 bridgehead atoms. The average molecular weight is 442 g/mol. The van der Waals surface area contributed by atoms with Crippen molar-refractivity contribution in [2.45, 2.75) is 19.9 Å². The number of amides is 2. The van der Waals surface area contributed by atoms with Gasteiger partial charge in [0.25, 0.3) is 11.8 Å². The second-order valence-electron chi connectivity index (χ2n) is 6.34. The Balaban J connectivity index is 1.94. The standard InChI is InChI=1S/C19H18Cl2FN3O4/c1-10(2)16(25-18(27)11-3-5-13(22)6-4-11)19(28)29-9-15(26)24-17-14(21)7-12(20)8-23-17/h3-8,10,16H,9H2,1-2H3,(H,25,27)(H,23,24,26). The molecule has 154 valence electrons. The summed E-state index contributed by atoms with van der Waals surface area (Å²) in [6, 6.07) is 5.26. The maximum absolute atomic E-state index is 13.0. The molecule has 0 fully saturated rings. The average Bonchev–Trinajstić information content (AvgIpc) is 2.66. The molecular weight excluding hydrogens is 424 g/mol. The van der Waals surface area contributed by atoms with Crippen LogP contribution < -0.4 is 10.6 Å². The molecule has 10 heteroatoms. The van der Waals surface area contributed by atoms with Gasteiger partial charge in [-0.1, -0.05) is 37.0 Å². The number of hydrogen-bond acceptors (Lipinski definition) is 5. The van der Waals surface area contributed by atoms with Crippen LogP contribution in [0.1, 0.15) is 24.2 Å². The Bertz CT molecular complexity index is 907. The molecule has 2 N–H and O–H groups in total. The fourth-order valence-electron chi connectivity index (χ4n) is 2.22. The Morgan fingerprint density at radius 2 is 1.83 bits per heavy atom. The van der Waals surface area contributed by atoms with Gasteiger partial charge in [-0.05, 0) is 36.2 Å². The molecule has 0 aliphatic carbocycles. The molecule has 7 nitrogen and oxygen atoms in total. The van der Waals surface area contributed by atoms with Gasteiger partial charge in [-0.15, -0.1) is 0 Å². The molecule has 29 heavy (non-hydrogen) atoms. The van der Waals surface area contributed by atoms with Gasteiger partial charge in [-0.2, -0.15) is 0 Å². The summed E-state index contributed by atoms with van der Waals surface area (Å²) in [6.45, 7) is 2.80. The van der Waals surface area contributed by atoms with E-state index in [2.05, 4.69) is 15.6 Å². The van der Waals surface area contributed by atoms with E-state index >= 15 is 0 Å². The zero-order chi connectivity index (χ0) is 21.6. The number of pyridine rings is 1. The predicted molar refractivity (Wildman–Crippen MR) is 106 cm³/mol. The van der Waals surface area contributed by atoms with Gasteiger partial charge in [0, 0.05) is 11.8 Å². The van der Waals surface area contributed by atoms with Crippen LogP contribution in [0.5, 0.6) is 0 Å². The summed E-state index contributed by atoms with van der Waals surface area (Å²) in [7, 11) is 0. The van der Waals surface area contributed by atoms with E-state index < -0.39 is 36.2 Å². The second-order valence-corrected chi connectivity index (χ2v) is 7.19. The Labute approximate surface area is 176 Å². The van der Waals surface area contributed by atoms with Gasteiger partial charge < -0.3 is 15.4 Å². The molecule has 1 atom stereocenters. The van der Waals surface area contributed by atoms with E-state index in [4.69, 9.17) is 27.9 Å². The van der Waals surface area contributed by atoms with Crippen molar-refractivity contribution >= 4 is 46.8 Å². The lowest BCUT2D eigenvalue weighted by Gasteiger charge is -2.20.